The first-order valence-corrected chi connectivity index (χ1v) is 5.37. The van der Waals surface area contributed by atoms with Gasteiger partial charge in [0.05, 0.1) is 6.20 Å². The number of rotatable bonds is 4. The average molecular weight is 258 g/mol. The van der Waals surface area contributed by atoms with Crippen LogP contribution in [0.4, 0.5) is 5.69 Å². The van der Waals surface area contributed by atoms with Crippen LogP contribution in [0.15, 0.2) is 47.3 Å². The first-order valence-electron chi connectivity index (χ1n) is 5.37. The number of aliphatic carboxylic acids is 1. The van der Waals surface area contributed by atoms with Gasteiger partial charge in [0.15, 0.2) is 0 Å². The van der Waals surface area contributed by atoms with Gasteiger partial charge in [-0.15, -0.1) is 0 Å². The Morgan fingerprint density at radius 2 is 2.00 bits per heavy atom. The zero-order chi connectivity index (χ0) is 13.7. The summed E-state index contributed by atoms with van der Waals surface area (Å²) in [6.45, 7) is 0. The Hall–Kier alpha value is -2.89. The molecule has 0 aliphatic rings. The van der Waals surface area contributed by atoms with Crippen molar-refractivity contribution in [3.63, 3.8) is 0 Å². The van der Waals surface area contributed by atoms with Gasteiger partial charge in [-0.2, -0.15) is 0 Å². The summed E-state index contributed by atoms with van der Waals surface area (Å²) in [5.41, 5.74) is 1.62. The molecule has 0 aliphatic carbocycles. The van der Waals surface area contributed by atoms with Crippen LogP contribution < -0.4 is 5.32 Å². The van der Waals surface area contributed by atoms with Crippen molar-refractivity contribution in [1.29, 1.82) is 0 Å². The van der Waals surface area contributed by atoms with E-state index in [9.17, 15) is 9.59 Å². The lowest BCUT2D eigenvalue weighted by Crippen LogP contribution is -2.11. The molecule has 0 radical (unpaired) electrons. The second kappa shape index (κ2) is 5.63. The number of carbonyl (C=O) groups is 2. The number of nitrogens with zero attached hydrogens (tertiary/aromatic N) is 1. The summed E-state index contributed by atoms with van der Waals surface area (Å²) in [5, 5.41) is 14.6. The molecule has 0 saturated heterocycles. The van der Waals surface area contributed by atoms with E-state index >= 15 is 0 Å². The van der Waals surface area contributed by atoms with Gasteiger partial charge < -0.3 is 14.9 Å². The largest absolute Gasteiger partial charge is 0.478 e. The van der Waals surface area contributed by atoms with Gasteiger partial charge in [-0.3, -0.25) is 4.79 Å². The topological polar surface area (TPSA) is 92.4 Å². The van der Waals surface area contributed by atoms with Gasteiger partial charge in [0.25, 0.3) is 5.91 Å². The van der Waals surface area contributed by atoms with E-state index < -0.39 is 5.97 Å². The van der Waals surface area contributed by atoms with Crippen LogP contribution in [-0.4, -0.2) is 22.1 Å². The molecule has 2 aromatic rings. The highest BCUT2D eigenvalue weighted by Crippen LogP contribution is 2.10. The highest BCUT2D eigenvalue weighted by molar-refractivity contribution is 6.04. The van der Waals surface area contributed by atoms with Crippen LogP contribution in [0, 0.1) is 0 Å². The van der Waals surface area contributed by atoms with Crippen molar-refractivity contribution in [2.75, 3.05) is 5.32 Å². The molecule has 96 valence electrons. The van der Waals surface area contributed by atoms with E-state index in [4.69, 9.17) is 5.11 Å². The molecule has 19 heavy (non-hydrogen) atoms. The summed E-state index contributed by atoms with van der Waals surface area (Å²) in [6, 6.07) is 6.51. The summed E-state index contributed by atoms with van der Waals surface area (Å²) in [6.07, 6.45) is 5.19. The maximum atomic E-state index is 11.8. The SMILES string of the molecule is O=C(O)C=Cc1ccc(C(=O)Nc2cnoc2)cc1. The van der Waals surface area contributed by atoms with E-state index in [-0.39, 0.29) is 5.91 Å². The lowest BCUT2D eigenvalue weighted by atomic mass is 10.1. The Morgan fingerprint density at radius 3 is 2.58 bits per heavy atom. The lowest BCUT2D eigenvalue weighted by molar-refractivity contribution is -0.131. The third-order valence-corrected chi connectivity index (χ3v) is 2.28. The monoisotopic (exact) mass is 258 g/mol. The number of carboxylic acids is 1. The zero-order valence-corrected chi connectivity index (χ0v) is 9.74. The van der Waals surface area contributed by atoms with Gasteiger partial charge in [0.1, 0.15) is 12.0 Å². The van der Waals surface area contributed by atoms with Gasteiger partial charge >= 0.3 is 5.97 Å². The Bertz CT molecular complexity index is 600. The first kappa shape index (κ1) is 12.6. The molecule has 1 aromatic heterocycles. The number of benzene rings is 1. The van der Waals surface area contributed by atoms with E-state index in [2.05, 4.69) is 15.0 Å². The summed E-state index contributed by atoms with van der Waals surface area (Å²) in [4.78, 5) is 22.2. The fourth-order valence-corrected chi connectivity index (χ4v) is 1.38. The third kappa shape index (κ3) is 3.53. The number of amides is 1. The summed E-state index contributed by atoms with van der Waals surface area (Å²) in [5.74, 6) is -1.31. The van der Waals surface area contributed by atoms with Crippen molar-refractivity contribution in [1.82, 2.24) is 5.16 Å². The van der Waals surface area contributed by atoms with E-state index in [0.717, 1.165) is 6.08 Å². The standard InChI is InChI=1S/C13H10N2O4/c16-12(17)6-3-9-1-4-10(5-2-9)13(18)15-11-7-14-19-8-11/h1-8H,(H,15,18)(H,16,17). The summed E-state index contributed by atoms with van der Waals surface area (Å²) in [7, 11) is 0. The van der Waals surface area contributed by atoms with Gasteiger partial charge in [-0.25, -0.2) is 4.79 Å². The predicted molar refractivity (Wildman–Crippen MR) is 67.6 cm³/mol. The predicted octanol–water partition coefficient (Wildman–Crippen LogP) is 2.02. The Balaban J connectivity index is 2.05. The number of aromatic nitrogens is 1. The molecule has 2 N–H and O–H groups in total. The molecular formula is C13H10N2O4. The minimum Gasteiger partial charge on any atom is -0.478 e. The molecule has 6 nitrogen and oxygen atoms in total. The molecule has 1 amide bonds. The smallest absolute Gasteiger partial charge is 0.328 e. The number of carboxylic acid groups (broad SMARTS) is 1. The van der Waals surface area contributed by atoms with Crippen LogP contribution in [0.5, 0.6) is 0 Å². The molecule has 0 aliphatic heterocycles. The molecule has 0 atom stereocenters. The number of hydrogen-bond donors (Lipinski definition) is 2. The Labute approximate surface area is 108 Å². The number of nitrogens with one attached hydrogen (secondary N) is 1. The number of hydrogen-bond acceptors (Lipinski definition) is 4. The lowest BCUT2D eigenvalue weighted by Gasteiger charge is -2.02. The molecule has 0 fully saturated rings. The van der Waals surface area contributed by atoms with Gasteiger partial charge in [0.2, 0.25) is 0 Å². The highest BCUT2D eigenvalue weighted by Gasteiger charge is 2.06. The maximum Gasteiger partial charge on any atom is 0.328 e. The molecular weight excluding hydrogens is 248 g/mol. The van der Waals surface area contributed by atoms with Crippen LogP contribution in [0.1, 0.15) is 15.9 Å². The first-order chi connectivity index (χ1) is 9.15. The van der Waals surface area contributed by atoms with Gasteiger partial charge in [-0.1, -0.05) is 17.3 Å². The van der Waals surface area contributed by atoms with E-state index in [1.54, 1.807) is 24.3 Å². The van der Waals surface area contributed by atoms with Crippen LogP contribution in [0.3, 0.4) is 0 Å². The van der Waals surface area contributed by atoms with Crippen molar-refractivity contribution in [3.8, 4) is 0 Å². The van der Waals surface area contributed by atoms with Gasteiger partial charge in [-0.05, 0) is 23.8 Å². The third-order valence-electron chi connectivity index (χ3n) is 2.28. The van der Waals surface area contributed by atoms with Crippen LogP contribution in [-0.2, 0) is 4.79 Å². The minimum absolute atomic E-state index is 0.294. The molecule has 0 spiro atoms. The number of carbonyl (C=O) groups excluding carboxylic acids is 1. The molecule has 0 saturated carbocycles. The van der Waals surface area contributed by atoms with Crippen molar-refractivity contribution in [3.05, 3.63) is 53.9 Å². The molecule has 1 aromatic carbocycles. The quantitative estimate of drug-likeness (QED) is 0.818. The van der Waals surface area contributed by atoms with Crippen molar-refractivity contribution >= 4 is 23.6 Å². The Morgan fingerprint density at radius 1 is 1.26 bits per heavy atom. The second-order valence-electron chi connectivity index (χ2n) is 3.66. The molecule has 0 unspecified atom stereocenters. The summed E-state index contributed by atoms with van der Waals surface area (Å²) >= 11 is 0. The van der Waals surface area contributed by atoms with Crippen LogP contribution in [0.25, 0.3) is 6.08 Å². The minimum atomic E-state index is -1.02. The van der Waals surface area contributed by atoms with E-state index in [1.807, 2.05) is 0 Å². The second-order valence-corrected chi connectivity index (χ2v) is 3.66. The molecule has 0 bridgehead atoms. The van der Waals surface area contributed by atoms with Gasteiger partial charge in [0, 0.05) is 11.6 Å². The van der Waals surface area contributed by atoms with Crippen molar-refractivity contribution in [2.24, 2.45) is 0 Å². The average Bonchev–Trinajstić information content (AvgIpc) is 2.89. The van der Waals surface area contributed by atoms with E-state index in [0.29, 0.717) is 16.8 Å². The molecule has 2 rings (SSSR count). The van der Waals surface area contributed by atoms with Crippen LogP contribution >= 0.6 is 0 Å². The van der Waals surface area contributed by atoms with Crippen molar-refractivity contribution in [2.45, 2.75) is 0 Å². The Kier molecular flexibility index (Phi) is 3.72. The van der Waals surface area contributed by atoms with Crippen LogP contribution in [0.2, 0.25) is 0 Å². The normalized spacial score (nSPS) is 10.5. The van der Waals surface area contributed by atoms with E-state index in [1.165, 1.54) is 18.5 Å². The maximum absolute atomic E-state index is 11.8. The fourth-order valence-electron chi connectivity index (χ4n) is 1.38. The highest BCUT2D eigenvalue weighted by atomic mass is 16.5. The molecule has 6 heteroatoms. The summed E-state index contributed by atoms with van der Waals surface area (Å²) < 4.78 is 4.60. The fraction of sp³-hybridized carbons (Fsp3) is 0. The van der Waals surface area contributed by atoms with Crippen molar-refractivity contribution < 1.29 is 19.2 Å². The number of anilines is 1. The molecule has 1 heterocycles. The zero-order valence-electron chi connectivity index (χ0n) is 9.74.